The van der Waals surface area contributed by atoms with E-state index in [9.17, 15) is 0 Å². The standard InChI is InChI=1S/C19H34N4O3/c1-5-20-19(21-13-17(22(2)3)18-7-6-10-26-18)23-9-8-16(14-23)15-25-12-11-24-4/h6-7,10,16-17H,5,8-9,11-15H2,1-4H3,(H,20,21). The number of nitrogens with one attached hydrogen (secondary N) is 1. The van der Waals surface area contributed by atoms with Crippen LogP contribution in [0.25, 0.3) is 0 Å². The summed E-state index contributed by atoms with van der Waals surface area (Å²) in [6, 6.07) is 4.07. The molecule has 1 aliphatic heterocycles. The van der Waals surface area contributed by atoms with Gasteiger partial charge in [-0.1, -0.05) is 0 Å². The highest BCUT2D eigenvalue weighted by Gasteiger charge is 2.25. The molecule has 1 N–H and O–H groups in total. The molecule has 0 radical (unpaired) electrons. The van der Waals surface area contributed by atoms with Crippen LogP contribution < -0.4 is 5.32 Å². The third-order valence-electron chi connectivity index (χ3n) is 4.61. The zero-order valence-electron chi connectivity index (χ0n) is 16.6. The average Bonchev–Trinajstić information content (AvgIpc) is 3.30. The second kappa shape index (κ2) is 11.2. The second-order valence-corrected chi connectivity index (χ2v) is 6.86. The molecule has 7 heteroatoms. The van der Waals surface area contributed by atoms with Gasteiger partial charge in [0.2, 0.25) is 0 Å². The third kappa shape index (κ3) is 6.30. The molecule has 0 amide bonds. The maximum Gasteiger partial charge on any atom is 0.193 e. The fraction of sp³-hybridized carbons (Fsp3) is 0.737. The first-order chi connectivity index (χ1) is 12.7. The van der Waals surface area contributed by atoms with Gasteiger partial charge in [-0.3, -0.25) is 9.89 Å². The van der Waals surface area contributed by atoms with Gasteiger partial charge in [0.1, 0.15) is 5.76 Å². The van der Waals surface area contributed by atoms with Crippen molar-refractivity contribution < 1.29 is 13.9 Å². The van der Waals surface area contributed by atoms with E-state index in [-0.39, 0.29) is 6.04 Å². The number of furan rings is 1. The summed E-state index contributed by atoms with van der Waals surface area (Å²) in [4.78, 5) is 9.36. The van der Waals surface area contributed by atoms with Crippen molar-refractivity contribution in [3.8, 4) is 0 Å². The SMILES string of the molecule is CCNC(=NCC(c1ccco1)N(C)C)N1CCC(COCCOC)C1. The monoisotopic (exact) mass is 366 g/mol. The molecule has 2 unspecified atom stereocenters. The van der Waals surface area contributed by atoms with E-state index in [1.165, 1.54) is 0 Å². The lowest BCUT2D eigenvalue weighted by atomic mass is 10.1. The summed E-state index contributed by atoms with van der Waals surface area (Å²) in [6.07, 6.45) is 2.85. The normalized spacial score (nSPS) is 19.3. The highest BCUT2D eigenvalue weighted by Crippen LogP contribution is 2.20. The van der Waals surface area contributed by atoms with Crippen LogP contribution in [0.1, 0.15) is 25.1 Å². The van der Waals surface area contributed by atoms with E-state index < -0.39 is 0 Å². The number of nitrogens with zero attached hydrogens (tertiary/aromatic N) is 3. The number of likely N-dealkylation sites (tertiary alicyclic amines) is 1. The van der Waals surface area contributed by atoms with E-state index in [2.05, 4.69) is 36.1 Å². The lowest BCUT2D eigenvalue weighted by Gasteiger charge is -2.24. The van der Waals surface area contributed by atoms with E-state index in [1.54, 1.807) is 13.4 Å². The van der Waals surface area contributed by atoms with Gasteiger partial charge in [0, 0.05) is 32.7 Å². The number of hydrogen-bond donors (Lipinski definition) is 1. The molecule has 0 aliphatic carbocycles. The van der Waals surface area contributed by atoms with Crippen LogP contribution in [-0.2, 0) is 9.47 Å². The topological polar surface area (TPSA) is 62.5 Å². The molecule has 0 saturated carbocycles. The van der Waals surface area contributed by atoms with Crippen LogP contribution in [0.15, 0.2) is 27.8 Å². The van der Waals surface area contributed by atoms with Gasteiger partial charge >= 0.3 is 0 Å². The zero-order valence-corrected chi connectivity index (χ0v) is 16.6. The Labute approximate surface area is 157 Å². The lowest BCUT2D eigenvalue weighted by molar-refractivity contribution is 0.0536. The minimum absolute atomic E-state index is 0.134. The van der Waals surface area contributed by atoms with Gasteiger partial charge in [0.25, 0.3) is 0 Å². The van der Waals surface area contributed by atoms with Crippen molar-refractivity contribution in [1.82, 2.24) is 15.1 Å². The first-order valence-corrected chi connectivity index (χ1v) is 9.45. The van der Waals surface area contributed by atoms with Crippen LogP contribution in [0.5, 0.6) is 0 Å². The van der Waals surface area contributed by atoms with Crippen LogP contribution in [0.2, 0.25) is 0 Å². The quantitative estimate of drug-likeness (QED) is 0.387. The van der Waals surface area contributed by atoms with Crippen LogP contribution >= 0.6 is 0 Å². The van der Waals surface area contributed by atoms with Crippen LogP contribution in [0.3, 0.4) is 0 Å². The summed E-state index contributed by atoms with van der Waals surface area (Å²) in [7, 11) is 5.81. The number of hydrogen-bond acceptors (Lipinski definition) is 5. The maximum atomic E-state index is 5.69. The third-order valence-corrected chi connectivity index (χ3v) is 4.61. The molecule has 2 atom stereocenters. The highest BCUT2D eigenvalue weighted by atomic mass is 16.5. The molecular formula is C19H34N4O3. The smallest absolute Gasteiger partial charge is 0.193 e. The molecule has 0 aromatic carbocycles. The minimum atomic E-state index is 0.134. The summed E-state index contributed by atoms with van der Waals surface area (Å²) in [5, 5.41) is 3.43. The molecule has 1 aromatic rings. The maximum absolute atomic E-state index is 5.69. The van der Waals surface area contributed by atoms with E-state index >= 15 is 0 Å². The van der Waals surface area contributed by atoms with Crippen molar-refractivity contribution in [2.24, 2.45) is 10.9 Å². The first-order valence-electron chi connectivity index (χ1n) is 9.45. The Kier molecular flexibility index (Phi) is 8.94. The van der Waals surface area contributed by atoms with Gasteiger partial charge in [0.15, 0.2) is 5.96 Å². The van der Waals surface area contributed by atoms with Crippen molar-refractivity contribution in [3.63, 3.8) is 0 Å². The van der Waals surface area contributed by atoms with Gasteiger partial charge < -0.3 is 24.1 Å². The average molecular weight is 367 g/mol. The van der Waals surface area contributed by atoms with Gasteiger partial charge in [-0.2, -0.15) is 0 Å². The van der Waals surface area contributed by atoms with Gasteiger partial charge in [-0.25, -0.2) is 0 Å². The molecule has 1 aliphatic rings. The number of methoxy groups -OCH3 is 1. The molecule has 1 aromatic heterocycles. The Morgan fingerprint density at radius 1 is 1.46 bits per heavy atom. The Bertz CT molecular complexity index is 519. The molecular weight excluding hydrogens is 332 g/mol. The lowest BCUT2D eigenvalue weighted by Crippen LogP contribution is -2.41. The first kappa shape index (κ1) is 20.7. The number of guanidine groups is 1. The number of aliphatic imine (C=N–C) groups is 1. The Morgan fingerprint density at radius 3 is 2.96 bits per heavy atom. The Balaban J connectivity index is 1.91. The van der Waals surface area contributed by atoms with Crippen molar-refractivity contribution >= 4 is 5.96 Å². The summed E-state index contributed by atoms with van der Waals surface area (Å²) in [5.74, 6) is 2.47. The molecule has 0 bridgehead atoms. The van der Waals surface area contributed by atoms with Gasteiger partial charge in [-0.05, 0) is 39.6 Å². The largest absolute Gasteiger partial charge is 0.468 e. The van der Waals surface area contributed by atoms with Crippen molar-refractivity contribution in [3.05, 3.63) is 24.2 Å². The molecule has 1 fully saturated rings. The summed E-state index contributed by atoms with van der Waals surface area (Å²) in [6.45, 7) is 7.71. The summed E-state index contributed by atoms with van der Waals surface area (Å²) in [5.41, 5.74) is 0. The fourth-order valence-corrected chi connectivity index (χ4v) is 3.14. The molecule has 1 saturated heterocycles. The fourth-order valence-electron chi connectivity index (χ4n) is 3.14. The minimum Gasteiger partial charge on any atom is -0.468 e. The van der Waals surface area contributed by atoms with Crippen molar-refractivity contribution in [2.75, 3.05) is 67.2 Å². The summed E-state index contributed by atoms with van der Waals surface area (Å²) < 4.78 is 16.3. The van der Waals surface area contributed by atoms with E-state index in [4.69, 9.17) is 18.9 Å². The van der Waals surface area contributed by atoms with Crippen LogP contribution in [0.4, 0.5) is 0 Å². The van der Waals surface area contributed by atoms with Crippen LogP contribution in [-0.4, -0.2) is 83.0 Å². The number of likely N-dealkylation sites (N-methyl/N-ethyl adjacent to an activating group) is 1. The Morgan fingerprint density at radius 2 is 2.31 bits per heavy atom. The second-order valence-electron chi connectivity index (χ2n) is 6.86. The summed E-state index contributed by atoms with van der Waals surface area (Å²) >= 11 is 0. The predicted molar refractivity (Wildman–Crippen MR) is 103 cm³/mol. The molecule has 26 heavy (non-hydrogen) atoms. The molecule has 2 rings (SSSR count). The van der Waals surface area contributed by atoms with Gasteiger partial charge in [0.05, 0.1) is 38.7 Å². The molecule has 2 heterocycles. The van der Waals surface area contributed by atoms with Crippen molar-refractivity contribution in [2.45, 2.75) is 19.4 Å². The number of ether oxygens (including phenoxy) is 2. The van der Waals surface area contributed by atoms with E-state index in [0.717, 1.165) is 44.4 Å². The molecule has 7 nitrogen and oxygen atoms in total. The van der Waals surface area contributed by atoms with Gasteiger partial charge in [-0.15, -0.1) is 0 Å². The predicted octanol–water partition coefficient (Wildman–Crippen LogP) is 1.83. The zero-order chi connectivity index (χ0) is 18.8. The molecule has 0 spiro atoms. The van der Waals surface area contributed by atoms with Crippen molar-refractivity contribution in [1.29, 1.82) is 0 Å². The highest BCUT2D eigenvalue weighted by molar-refractivity contribution is 5.80. The Hall–Kier alpha value is -1.57. The van der Waals surface area contributed by atoms with E-state index in [1.807, 2.05) is 12.1 Å². The van der Waals surface area contributed by atoms with Crippen LogP contribution in [0, 0.1) is 5.92 Å². The van der Waals surface area contributed by atoms with E-state index in [0.29, 0.717) is 25.7 Å². The number of rotatable bonds is 10. The molecule has 148 valence electrons.